The SMILES string of the molecule is CC(O)CC1COCCN1C(=O)NCCC1CCCC1. The number of nitrogens with one attached hydrogen (secondary N) is 1. The standard InChI is InChI=1S/C15H28N2O3/c1-12(18)10-14-11-20-9-8-17(14)15(19)16-7-6-13-4-2-3-5-13/h12-14,18H,2-11H2,1H3,(H,16,19). The topological polar surface area (TPSA) is 61.8 Å². The molecule has 20 heavy (non-hydrogen) atoms. The van der Waals surface area contributed by atoms with Crippen LogP contribution in [-0.4, -0.2) is 54.5 Å². The van der Waals surface area contributed by atoms with Crippen LogP contribution in [0.3, 0.4) is 0 Å². The Morgan fingerprint density at radius 2 is 2.20 bits per heavy atom. The molecular formula is C15H28N2O3. The molecule has 2 unspecified atom stereocenters. The van der Waals surface area contributed by atoms with Crippen LogP contribution >= 0.6 is 0 Å². The Kier molecular flexibility index (Phi) is 6.10. The zero-order valence-corrected chi connectivity index (χ0v) is 12.5. The van der Waals surface area contributed by atoms with Crippen LogP contribution in [0.25, 0.3) is 0 Å². The van der Waals surface area contributed by atoms with Crippen molar-refractivity contribution in [2.75, 3.05) is 26.3 Å². The van der Waals surface area contributed by atoms with Crippen molar-refractivity contribution in [1.29, 1.82) is 0 Å². The molecule has 1 saturated carbocycles. The van der Waals surface area contributed by atoms with Crippen molar-refractivity contribution in [2.45, 2.75) is 57.6 Å². The number of ether oxygens (including phenoxy) is 1. The Hall–Kier alpha value is -0.810. The molecule has 1 heterocycles. The predicted octanol–water partition coefficient (Wildman–Crippen LogP) is 1.75. The van der Waals surface area contributed by atoms with Crippen LogP contribution in [0.2, 0.25) is 0 Å². The minimum absolute atomic E-state index is 0.00283. The normalized spacial score (nSPS) is 25.7. The van der Waals surface area contributed by atoms with Gasteiger partial charge in [-0.1, -0.05) is 25.7 Å². The molecule has 1 aliphatic carbocycles. The fourth-order valence-corrected chi connectivity index (χ4v) is 3.30. The first-order valence-corrected chi connectivity index (χ1v) is 7.97. The lowest BCUT2D eigenvalue weighted by Crippen LogP contribution is -2.53. The molecule has 0 spiro atoms. The maximum absolute atomic E-state index is 12.2. The third kappa shape index (κ3) is 4.63. The van der Waals surface area contributed by atoms with E-state index < -0.39 is 6.10 Å². The van der Waals surface area contributed by atoms with Gasteiger partial charge in [0.1, 0.15) is 0 Å². The van der Waals surface area contributed by atoms with Crippen molar-refractivity contribution in [2.24, 2.45) is 5.92 Å². The highest BCUT2D eigenvalue weighted by molar-refractivity contribution is 5.74. The number of aliphatic hydroxyl groups is 1. The first-order valence-electron chi connectivity index (χ1n) is 7.97. The van der Waals surface area contributed by atoms with E-state index in [1.54, 1.807) is 6.92 Å². The number of aliphatic hydroxyl groups excluding tert-OH is 1. The lowest BCUT2D eigenvalue weighted by Gasteiger charge is -2.36. The van der Waals surface area contributed by atoms with Gasteiger partial charge in [-0.25, -0.2) is 4.79 Å². The summed E-state index contributed by atoms with van der Waals surface area (Å²) >= 11 is 0. The molecule has 0 radical (unpaired) electrons. The van der Waals surface area contributed by atoms with Gasteiger partial charge in [-0.3, -0.25) is 0 Å². The molecule has 2 rings (SSSR count). The molecule has 2 N–H and O–H groups in total. The number of nitrogens with zero attached hydrogens (tertiary/aromatic N) is 1. The van der Waals surface area contributed by atoms with Crippen LogP contribution in [0.1, 0.15) is 45.4 Å². The van der Waals surface area contributed by atoms with Gasteiger partial charge in [0.25, 0.3) is 0 Å². The van der Waals surface area contributed by atoms with Crippen molar-refractivity contribution < 1.29 is 14.6 Å². The van der Waals surface area contributed by atoms with Crippen molar-refractivity contribution in [3.63, 3.8) is 0 Å². The number of hydrogen-bond donors (Lipinski definition) is 2. The smallest absolute Gasteiger partial charge is 0.317 e. The van der Waals surface area contributed by atoms with E-state index in [4.69, 9.17) is 4.74 Å². The van der Waals surface area contributed by atoms with Crippen LogP contribution in [0.4, 0.5) is 4.79 Å². The van der Waals surface area contributed by atoms with Crippen LogP contribution in [0.15, 0.2) is 0 Å². The lowest BCUT2D eigenvalue weighted by atomic mass is 10.0. The summed E-state index contributed by atoms with van der Waals surface area (Å²) < 4.78 is 5.42. The molecule has 116 valence electrons. The highest BCUT2D eigenvalue weighted by atomic mass is 16.5. The molecule has 2 aliphatic rings. The van der Waals surface area contributed by atoms with Gasteiger partial charge >= 0.3 is 6.03 Å². The van der Waals surface area contributed by atoms with Crippen molar-refractivity contribution in [3.05, 3.63) is 0 Å². The zero-order chi connectivity index (χ0) is 14.4. The molecular weight excluding hydrogens is 256 g/mol. The van der Waals surface area contributed by atoms with Crippen LogP contribution in [0, 0.1) is 5.92 Å². The predicted molar refractivity (Wildman–Crippen MR) is 77.6 cm³/mol. The quantitative estimate of drug-likeness (QED) is 0.808. The lowest BCUT2D eigenvalue weighted by molar-refractivity contribution is -0.00432. The maximum atomic E-state index is 12.2. The summed E-state index contributed by atoms with van der Waals surface area (Å²) in [6.45, 7) is 4.26. The molecule has 0 aromatic rings. The Balaban J connectivity index is 1.73. The zero-order valence-electron chi connectivity index (χ0n) is 12.5. The number of carbonyl (C=O) groups is 1. The van der Waals surface area contributed by atoms with Crippen LogP contribution < -0.4 is 5.32 Å². The molecule has 5 nitrogen and oxygen atoms in total. The van der Waals surface area contributed by atoms with Gasteiger partial charge in [-0.2, -0.15) is 0 Å². The van der Waals surface area contributed by atoms with Gasteiger partial charge in [0.2, 0.25) is 0 Å². The molecule has 1 aliphatic heterocycles. The number of hydrogen-bond acceptors (Lipinski definition) is 3. The Morgan fingerprint density at radius 1 is 1.45 bits per heavy atom. The van der Waals surface area contributed by atoms with Crippen LogP contribution in [0.5, 0.6) is 0 Å². The fourth-order valence-electron chi connectivity index (χ4n) is 3.30. The molecule has 5 heteroatoms. The summed E-state index contributed by atoms with van der Waals surface area (Å²) in [5, 5.41) is 12.5. The Bertz CT molecular complexity index is 303. The molecule has 0 bridgehead atoms. The van der Waals surface area contributed by atoms with E-state index in [-0.39, 0.29) is 12.1 Å². The van der Waals surface area contributed by atoms with Gasteiger partial charge in [0.15, 0.2) is 0 Å². The summed E-state index contributed by atoms with van der Waals surface area (Å²) in [6.07, 6.45) is 6.59. The number of amides is 2. The van der Waals surface area contributed by atoms with E-state index in [1.807, 2.05) is 4.90 Å². The van der Waals surface area contributed by atoms with Gasteiger partial charge in [-0.05, 0) is 25.7 Å². The first kappa shape index (κ1) is 15.6. The number of urea groups is 1. The molecule has 0 aromatic carbocycles. The molecule has 2 fully saturated rings. The van der Waals surface area contributed by atoms with E-state index in [0.29, 0.717) is 26.2 Å². The maximum Gasteiger partial charge on any atom is 0.317 e. The summed E-state index contributed by atoms with van der Waals surface area (Å²) in [4.78, 5) is 14.1. The van der Waals surface area contributed by atoms with Crippen LogP contribution in [-0.2, 0) is 4.74 Å². The fraction of sp³-hybridized carbons (Fsp3) is 0.933. The summed E-state index contributed by atoms with van der Waals surface area (Å²) in [7, 11) is 0. The molecule has 0 aromatic heterocycles. The van der Waals surface area contributed by atoms with Gasteiger partial charge in [0.05, 0.1) is 25.4 Å². The van der Waals surface area contributed by atoms with E-state index in [2.05, 4.69) is 5.32 Å². The summed E-state index contributed by atoms with van der Waals surface area (Å²) in [5.41, 5.74) is 0. The summed E-state index contributed by atoms with van der Waals surface area (Å²) in [6, 6.07) is -0.00724. The van der Waals surface area contributed by atoms with E-state index >= 15 is 0 Å². The second-order valence-electron chi connectivity index (χ2n) is 6.18. The second-order valence-corrected chi connectivity index (χ2v) is 6.18. The third-order valence-corrected chi connectivity index (χ3v) is 4.41. The van der Waals surface area contributed by atoms with Crippen molar-refractivity contribution in [1.82, 2.24) is 10.2 Å². The Morgan fingerprint density at radius 3 is 2.90 bits per heavy atom. The molecule has 2 amide bonds. The number of rotatable bonds is 5. The van der Waals surface area contributed by atoms with E-state index in [9.17, 15) is 9.90 Å². The van der Waals surface area contributed by atoms with Gasteiger partial charge in [0, 0.05) is 13.1 Å². The largest absolute Gasteiger partial charge is 0.393 e. The minimum atomic E-state index is -0.407. The van der Waals surface area contributed by atoms with E-state index in [1.165, 1.54) is 25.7 Å². The number of carbonyl (C=O) groups excluding carboxylic acids is 1. The Labute approximate surface area is 121 Å². The minimum Gasteiger partial charge on any atom is -0.393 e. The van der Waals surface area contributed by atoms with E-state index in [0.717, 1.165) is 18.9 Å². The average Bonchev–Trinajstić information content (AvgIpc) is 2.91. The number of morpholine rings is 1. The van der Waals surface area contributed by atoms with Gasteiger partial charge < -0.3 is 20.1 Å². The monoisotopic (exact) mass is 284 g/mol. The van der Waals surface area contributed by atoms with Crippen molar-refractivity contribution in [3.8, 4) is 0 Å². The first-order chi connectivity index (χ1) is 9.66. The highest BCUT2D eigenvalue weighted by Crippen LogP contribution is 2.26. The van der Waals surface area contributed by atoms with Gasteiger partial charge in [-0.15, -0.1) is 0 Å². The molecule has 2 atom stereocenters. The highest BCUT2D eigenvalue weighted by Gasteiger charge is 2.28. The average molecular weight is 284 g/mol. The third-order valence-electron chi connectivity index (χ3n) is 4.41. The summed E-state index contributed by atoms with van der Waals surface area (Å²) in [5.74, 6) is 0.799. The molecule has 1 saturated heterocycles. The second kappa shape index (κ2) is 7.84. The van der Waals surface area contributed by atoms with Crippen molar-refractivity contribution >= 4 is 6.03 Å².